The topological polar surface area (TPSA) is 58.6 Å². The molecule has 1 N–H and O–H groups in total. The summed E-state index contributed by atoms with van der Waals surface area (Å²) >= 11 is 0. The highest BCUT2D eigenvalue weighted by Gasteiger charge is 2.29. The van der Waals surface area contributed by atoms with Crippen molar-refractivity contribution >= 4 is 17.5 Å². The molecule has 2 amide bonds. The van der Waals surface area contributed by atoms with Gasteiger partial charge in [-0.05, 0) is 49.2 Å². The zero-order chi connectivity index (χ0) is 18.5. The van der Waals surface area contributed by atoms with E-state index in [9.17, 15) is 14.0 Å². The van der Waals surface area contributed by atoms with Gasteiger partial charge in [0.15, 0.2) is 0 Å². The van der Waals surface area contributed by atoms with Crippen molar-refractivity contribution in [1.29, 1.82) is 0 Å². The Morgan fingerprint density at radius 2 is 1.88 bits per heavy atom. The van der Waals surface area contributed by atoms with Gasteiger partial charge in [-0.2, -0.15) is 0 Å². The van der Waals surface area contributed by atoms with Crippen LogP contribution in [-0.4, -0.2) is 36.9 Å². The van der Waals surface area contributed by atoms with Crippen molar-refractivity contribution < 1.29 is 18.7 Å². The van der Waals surface area contributed by atoms with Gasteiger partial charge >= 0.3 is 0 Å². The van der Waals surface area contributed by atoms with E-state index in [0.717, 1.165) is 6.42 Å². The number of carbonyl (C=O) groups is 2. The predicted molar refractivity (Wildman–Crippen MR) is 96.7 cm³/mol. The molecule has 1 heterocycles. The van der Waals surface area contributed by atoms with Gasteiger partial charge in [0.2, 0.25) is 5.91 Å². The van der Waals surface area contributed by atoms with E-state index in [1.807, 2.05) is 12.1 Å². The standard InChI is InChI=1S/C20H21FN2O3/c1-26-18-7-3-2-6-17(18)22-19(24)15-5-4-12-23(13-15)20(25)14-8-10-16(21)11-9-14/h2-3,6-11,15H,4-5,12-13H2,1H3,(H,22,24). The second kappa shape index (κ2) is 7.99. The largest absolute Gasteiger partial charge is 0.495 e. The summed E-state index contributed by atoms with van der Waals surface area (Å²) in [6.07, 6.45) is 1.46. The van der Waals surface area contributed by atoms with Gasteiger partial charge in [0.25, 0.3) is 5.91 Å². The Balaban J connectivity index is 1.66. The van der Waals surface area contributed by atoms with Crippen LogP contribution >= 0.6 is 0 Å². The van der Waals surface area contributed by atoms with Crippen LogP contribution in [0.15, 0.2) is 48.5 Å². The molecule has 0 aromatic heterocycles. The smallest absolute Gasteiger partial charge is 0.253 e. The highest BCUT2D eigenvalue weighted by molar-refractivity contribution is 5.96. The van der Waals surface area contributed by atoms with Gasteiger partial charge in [-0.25, -0.2) is 4.39 Å². The second-order valence-corrected chi connectivity index (χ2v) is 6.29. The van der Waals surface area contributed by atoms with E-state index < -0.39 is 0 Å². The fourth-order valence-electron chi connectivity index (χ4n) is 3.13. The quantitative estimate of drug-likeness (QED) is 0.914. The number of halogens is 1. The molecule has 1 aliphatic heterocycles. The molecule has 6 heteroatoms. The minimum Gasteiger partial charge on any atom is -0.495 e. The monoisotopic (exact) mass is 356 g/mol. The number of nitrogens with zero attached hydrogens (tertiary/aromatic N) is 1. The van der Waals surface area contributed by atoms with Crippen LogP contribution in [-0.2, 0) is 4.79 Å². The van der Waals surface area contributed by atoms with E-state index in [1.165, 1.54) is 24.3 Å². The van der Waals surface area contributed by atoms with E-state index in [2.05, 4.69) is 5.32 Å². The van der Waals surface area contributed by atoms with Gasteiger partial charge in [-0.1, -0.05) is 12.1 Å². The van der Waals surface area contributed by atoms with Crippen LogP contribution in [0.1, 0.15) is 23.2 Å². The average molecular weight is 356 g/mol. The predicted octanol–water partition coefficient (Wildman–Crippen LogP) is 3.33. The fourth-order valence-corrected chi connectivity index (χ4v) is 3.13. The van der Waals surface area contributed by atoms with Crippen molar-refractivity contribution in [2.75, 3.05) is 25.5 Å². The number of ether oxygens (including phenoxy) is 1. The van der Waals surface area contributed by atoms with Crippen LogP contribution in [0.5, 0.6) is 5.75 Å². The lowest BCUT2D eigenvalue weighted by Crippen LogP contribution is -2.43. The van der Waals surface area contributed by atoms with Gasteiger partial charge in [0.1, 0.15) is 11.6 Å². The number of para-hydroxylation sites is 2. The molecule has 1 saturated heterocycles. The fraction of sp³-hybridized carbons (Fsp3) is 0.300. The number of hydrogen-bond acceptors (Lipinski definition) is 3. The molecule has 26 heavy (non-hydrogen) atoms. The first-order chi connectivity index (χ1) is 12.6. The molecule has 0 saturated carbocycles. The van der Waals surface area contributed by atoms with Crippen molar-refractivity contribution in [2.24, 2.45) is 5.92 Å². The summed E-state index contributed by atoms with van der Waals surface area (Å²) in [5.41, 5.74) is 1.04. The maximum Gasteiger partial charge on any atom is 0.253 e. The first-order valence-corrected chi connectivity index (χ1v) is 8.57. The van der Waals surface area contributed by atoms with Crippen LogP contribution in [0.4, 0.5) is 10.1 Å². The molecule has 2 aromatic rings. The minimum absolute atomic E-state index is 0.133. The van der Waals surface area contributed by atoms with Crippen molar-refractivity contribution in [3.63, 3.8) is 0 Å². The SMILES string of the molecule is COc1ccccc1NC(=O)C1CCCN(C(=O)c2ccc(F)cc2)C1. The van der Waals surface area contributed by atoms with Gasteiger partial charge in [-0.15, -0.1) is 0 Å². The number of rotatable bonds is 4. The Bertz CT molecular complexity index is 792. The van der Waals surface area contributed by atoms with Crippen molar-refractivity contribution in [3.05, 3.63) is 59.9 Å². The Labute approximate surface area is 151 Å². The van der Waals surface area contributed by atoms with Crippen molar-refractivity contribution in [3.8, 4) is 5.75 Å². The van der Waals surface area contributed by atoms with E-state index >= 15 is 0 Å². The molecule has 1 unspecified atom stereocenters. The summed E-state index contributed by atoms with van der Waals surface area (Å²) < 4.78 is 18.3. The molecule has 1 atom stereocenters. The summed E-state index contributed by atoms with van der Waals surface area (Å²) in [5.74, 6) is -0.394. The van der Waals surface area contributed by atoms with E-state index in [0.29, 0.717) is 36.5 Å². The Hall–Kier alpha value is -2.89. The van der Waals surface area contributed by atoms with Gasteiger partial charge in [0.05, 0.1) is 18.7 Å². The van der Waals surface area contributed by atoms with E-state index in [1.54, 1.807) is 24.1 Å². The molecule has 1 aliphatic rings. The summed E-state index contributed by atoms with van der Waals surface area (Å²) in [6, 6.07) is 12.7. The molecule has 5 nitrogen and oxygen atoms in total. The van der Waals surface area contributed by atoms with Gasteiger partial charge < -0.3 is 15.0 Å². The number of carbonyl (C=O) groups excluding carboxylic acids is 2. The van der Waals surface area contributed by atoms with Crippen LogP contribution in [0.25, 0.3) is 0 Å². The van der Waals surface area contributed by atoms with Gasteiger partial charge in [0, 0.05) is 18.7 Å². The zero-order valence-corrected chi connectivity index (χ0v) is 14.6. The third-order valence-corrected chi connectivity index (χ3v) is 4.54. The lowest BCUT2D eigenvalue weighted by molar-refractivity contribution is -0.121. The molecular formula is C20H21FN2O3. The molecule has 136 valence electrons. The van der Waals surface area contributed by atoms with Crippen LogP contribution in [0.3, 0.4) is 0 Å². The normalized spacial score (nSPS) is 16.8. The van der Waals surface area contributed by atoms with Crippen molar-refractivity contribution in [2.45, 2.75) is 12.8 Å². The number of methoxy groups -OCH3 is 1. The van der Waals surface area contributed by atoms with Crippen molar-refractivity contribution in [1.82, 2.24) is 4.90 Å². The highest BCUT2D eigenvalue weighted by Crippen LogP contribution is 2.26. The van der Waals surface area contributed by atoms with Crippen LogP contribution < -0.4 is 10.1 Å². The Morgan fingerprint density at radius 1 is 1.15 bits per heavy atom. The molecule has 2 aromatic carbocycles. The lowest BCUT2D eigenvalue weighted by Gasteiger charge is -2.32. The third-order valence-electron chi connectivity index (χ3n) is 4.54. The molecular weight excluding hydrogens is 335 g/mol. The number of hydrogen-bond donors (Lipinski definition) is 1. The minimum atomic E-state index is -0.380. The molecule has 3 rings (SSSR count). The first-order valence-electron chi connectivity index (χ1n) is 8.57. The summed E-state index contributed by atoms with van der Waals surface area (Å²) in [7, 11) is 1.55. The van der Waals surface area contributed by atoms with E-state index in [4.69, 9.17) is 4.74 Å². The molecule has 0 aliphatic carbocycles. The summed E-state index contributed by atoms with van der Waals surface area (Å²) in [6.45, 7) is 0.936. The Kier molecular flexibility index (Phi) is 5.51. The van der Waals surface area contributed by atoms with E-state index in [-0.39, 0.29) is 23.5 Å². The van der Waals surface area contributed by atoms with Crippen LogP contribution in [0.2, 0.25) is 0 Å². The second-order valence-electron chi connectivity index (χ2n) is 6.29. The number of amides is 2. The zero-order valence-electron chi connectivity index (χ0n) is 14.6. The molecule has 0 radical (unpaired) electrons. The summed E-state index contributed by atoms with van der Waals surface area (Å²) in [5, 5.41) is 2.89. The number of likely N-dealkylation sites (tertiary alicyclic amines) is 1. The lowest BCUT2D eigenvalue weighted by atomic mass is 9.96. The maximum absolute atomic E-state index is 13.0. The number of anilines is 1. The third kappa shape index (κ3) is 4.02. The molecule has 0 bridgehead atoms. The maximum atomic E-state index is 13.0. The average Bonchev–Trinajstić information content (AvgIpc) is 2.68. The first kappa shape index (κ1) is 17.9. The Morgan fingerprint density at radius 3 is 2.62 bits per heavy atom. The number of benzene rings is 2. The summed E-state index contributed by atoms with van der Waals surface area (Å²) in [4.78, 5) is 26.9. The van der Waals surface area contributed by atoms with Gasteiger partial charge in [-0.3, -0.25) is 9.59 Å². The number of nitrogens with one attached hydrogen (secondary N) is 1. The number of piperidine rings is 1. The molecule has 1 fully saturated rings. The van der Waals surface area contributed by atoms with Crippen LogP contribution in [0, 0.1) is 11.7 Å². The molecule has 0 spiro atoms. The highest BCUT2D eigenvalue weighted by atomic mass is 19.1.